The second-order valence-electron chi connectivity index (χ2n) is 8.72. The van der Waals surface area contributed by atoms with Crippen molar-refractivity contribution >= 4 is 18.2 Å². The monoisotopic (exact) mass is 475 g/mol. The predicted octanol–water partition coefficient (Wildman–Crippen LogP) is 2.63. The topological polar surface area (TPSA) is 101 Å². The predicted molar refractivity (Wildman–Crippen MR) is 130 cm³/mol. The molecule has 180 valence electrons. The number of nitrogens with two attached hydrogens (primary N) is 1. The number of nitrogen functional groups attached to an aromatic ring is 1. The third-order valence-electron chi connectivity index (χ3n) is 6.49. The zero-order valence-corrected chi connectivity index (χ0v) is 19.2. The molecule has 3 heterocycles. The largest absolute Gasteiger partial charge is 0.383 e. The molecule has 1 fully saturated rings. The number of hydrogen-bond donors (Lipinski definition) is 2. The highest BCUT2D eigenvalue weighted by molar-refractivity contribution is 5.97. The van der Waals surface area contributed by atoms with Gasteiger partial charge in [-0.15, -0.1) is 0 Å². The Morgan fingerprint density at radius 1 is 1.03 bits per heavy atom. The van der Waals surface area contributed by atoms with Crippen LogP contribution in [-0.2, 0) is 22.6 Å². The number of nitrogens with zero attached hydrogens (tertiary/aromatic N) is 3. The number of carbonyl (C=O) groups excluding carboxylic acids is 2. The Morgan fingerprint density at radius 2 is 1.83 bits per heavy atom. The van der Waals surface area contributed by atoms with Crippen LogP contribution in [0.5, 0.6) is 0 Å². The van der Waals surface area contributed by atoms with Crippen molar-refractivity contribution in [3.8, 4) is 22.3 Å². The summed E-state index contributed by atoms with van der Waals surface area (Å²) in [5, 5.41) is 4.38. The van der Waals surface area contributed by atoms with E-state index in [4.69, 9.17) is 10.6 Å². The zero-order chi connectivity index (χ0) is 24.4. The number of hydroxylamine groups is 2. The lowest BCUT2D eigenvalue weighted by Crippen LogP contribution is -2.42. The average Bonchev–Trinajstić information content (AvgIpc) is 2.86. The molecule has 35 heavy (non-hydrogen) atoms. The summed E-state index contributed by atoms with van der Waals surface area (Å²) in [6, 6.07) is 14.8. The van der Waals surface area contributed by atoms with Crippen molar-refractivity contribution in [2.45, 2.75) is 13.0 Å². The van der Waals surface area contributed by atoms with Crippen LogP contribution >= 0.6 is 0 Å². The van der Waals surface area contributed by atoms with Crippen LogP contribution in [0, 0.1) is 5.95 Å². The van der Waals surface area contributed by atoms with E-state index >= 15 is 0 Å². The summed E-state index contributed by atoms with van der Waals surface area (Å²) in [7, 11) is 0. The van der Waals surface area contributed by atoms with E-state index in [1.807, 2.05) is 30.3 Å². The van der Waals surface area contributed by atoms with Gasteiger partial charge in [0.25, 0.3) is 5.91 Å². The third kappa shape index (κ3) is 4.73. The summed E-state index contributed by atoms with van der Waals surface area (Å²) in [5.41, 5.74) is 10.9. The molecule has 2 aliphatic rings. The molecule has 0 radical (unpaired) electrons. The lowest BCUT2D eigenvalue weighted by molar-refractivity contribution is -0.161. The molecule has 0 spiro atoms. The summed E-state index contributed by atoms with van der Waals surface area (Å²) in [6.45, 7) is 5.19. The fourth-order valence-corrected chi connectivity index (χ4v) is 4.69. The maximum Gasteiger partial charge on any atom is 0.320 e. The SMILES string of the molecule is Nc1nc(F)c(-c2cccc(CN3CCNCC3)c2)cc1-c1ccc2c(c1)CCN(OC=O)C2=O. The molecule has 0 saturated carbocycles. The minimum absolute atomic E-state index is 0.0798. The molecule has 5 rings (SSSR count). The fraction of sp³-hybridized carbons (Fsp3) is 0.269. The van der Waals surface area contributed by atoms with Crippen LogP contribution in [0.4, 0.5) is 10.2 Å². The van der Waals surface area contributed by atoms with Gasteiger partial charge in [-0.3, -0.25) is 14.5 Å². The van der Waals surface area contributed by atoms with Gasteiger partial charge in [-0.2, -0.15) is 9.45 Å². The van der Waals surface area contributed by atoms with Gasteiger partial charge in [0.2, 0.25) is 5.95 Å². The molecule has 1 amide bonds. The quantitative estimate of drug-likeness (QED) is 0.418. The summed E-state index contributed by atoms with van der Waals surface area (Å²) < 4.78 is 15.0. The van der Waals surface area contributed by atoms with Crippen LogP contribution < -0.4 is 11.1 Å². The first kappa shape index (κ1) is 22.9. The number of benzene rings is 2. The molecule has 3 N–H and O–H groups in total. The number of hydrogen-bond acceptors (Lipinski definition) is 7. The minimum Gasteiger partial charge on any atom is -0.383 e. The van der Waals surface area contributed by atoms with E-state index in [1.54, 1.807) is 18.2 Å². The van der Waals surface area contributed by atoms with Gasteiger partial charge in [0, 0.05) is 49.4 Å². The number of amides is 1. The van der Waals surface area contributed by atoms with Crippen molar-refractivity contribution in [2.75, 3.05) is 38.5 Å². The standard InChI is InChI=1S/C26H26FN5O3/c27-24-22(18-3-1-2-17(12-18)15-31-10-7-29-8-11-31)14-23(25(28)30-24)19-4-5-21-20(13-19)6-9-32(26(21)34)35-16-33/h1-5,12-14,16,29H,6-11,15H2,(H2,28,30). The zero-order valence-electron chi connectivity index (χ0n) is 19.2. The molecule has 0 atom stereocenters. The van der Waals surface area contributed by atoms with E-state index in [1.165, 1.54) is 0 Å². The average molecular weight is 476 g/mol. The molecule has 9 heteroatoms. The van der Waals surface area contributed by atoms with Crippen molar-refractivity contribution in [2.24, 2.45) is 0 Å². The van der Waals surface area contributed by atoms with Crippen LogP contribution in [-0.4, -0.2) is 60.1 Å². The number of aromatic nitrogens is 1. The summed E-state index contributed by atoms with van der Waals surface area (Å²) >= 11 is 0. The highest BCUT2D eigenvalue weighted by Crippen LogP contribution is 2.34. The highest BCUT2D eigenvalue weighted by Gasteiger charge is 2.26. The molecule has 2 aliphatic heterocycles. The first-order valence-electron chi connectivity index (χ1n) is 11.6. The van der Waals surface area contributed by atoms with Gasteiger partial charge in [0.05, 0.1) is 6.54 Å². The van der Waals surface area contributed by atoms with Crippen LogP contribution in [0.25, 0.3) is 22.3 Å². The van der Waals surface area contributed by atoms with Crippen LogP contribution in [0.2, 0.25) is 0 Å². The fourth-order valence-electron chi connectivity index (χ4n) is 4.69. The van der Waals surface area contributed by atoms with E-state index in [0.29, 0.717) is 23.1 Å². The lowest BCUT2D eigenvalue weighted by Gasteiger charge is -2.27. The Balaban J connectivity index is 1.46. The second-order valence-corrected chi connectivity index (χ2v) is 8.72. The molecule has 0 unspecified atom stereocenters. The molecular formula is C26H26FN5O3. The molecule has 0 bridgehead atoms. The Bertz CT molecular complexity index is 1280. The number of halogens is 1. The number of fused-ring (bicyclic) bond motifs is 1. The van der Waals surface area contributed by atoms with Crippen molar-refractivity contribution in [1.82, 2.24) is 20.3 Å². The number of anilines is 1. The maximum absolute atomic E-state index is 15.0. The van der Waals surface area contributed by atoms with Crippen molar-refractivity contribution in [3.63, 3.8) is 0 Å². The van der Waals surface area contributed by atoms with E-state index in [-0.39, 0.29) is 24.7 Å². The second kappa shape index (κ2) is 9.81. The molecule has 1 aromatic heterocycles. The first-order chi connectivity index (χ1) is 17.0. The number of piperazine rings is 1. The Hall–Kier alpha value is -3.82. The molecule has 3 aromatic rings. The van der Waals surface area contributed by atoms with Crippen LogP contribution in [0.1, 0.15) is 21.5 Å². The summed E-state index contributed by atoms with van der Waals surface area (Å²) in [4.78, 5) is 34.3. The van der Waals surface area contributed by atoms with Crippen molar-refractivity contribution in [1.29, 1.82) is 0 Å². The highest BCUT2D eigenvalue weighted by atomic mass is 19.1. The maximum atomic E-state index is 15.0. The Kier molecular flexibility index (Phi) is 6.43. The minimum atomic E-state index is -0.625. The van der Waals surface area contributed by atoms with Gasteiger partial charge in [0.1, 0.15) is 5.82 Å². The molecule has 0 aliphatic carbocycles. The number of rotatable bonds is 6. The Morgan fingerprint density at radius 3 is 2.63 bits per heavy atom. The van der Waals surface area contributed by atoms with Gasteiger partial charge < -0.3 is 15.9 Å². The summed E-state index contributed by atoms with van der Waals surface area (Å²) in [5.74, 6) is -0.923. The van der Waals surface area contributed by atoms with Gasteiger partial charge in [0.15, 0.2) is 0 Å². The Labute approximate surface area is 202 Å². The van der Waals surface area contributed by atoms with Gasteiger partial charge >= 0.3 is 6.47 Å². The van der Waals surface area contributed by atoms with E-state index in [9.17, 15) is 14.0 Å². The van der Waals surface area contributed by atoms with E-state index in [2.05, 4.69) is 15.2 Å². The summed E-state index contributed by atoms with van der Waals surface area (Å²) in [6.07, 6.45) is 0.512. The first-order valence-corrected chi connectivity index (χ1v) is 11.6. The van der Waals surface area contributed by atoms with Gasteiger partial charge in [-0.25, -0.2) is 4.98 Å². The number of carbonyl (C=O) groups is 2. The lowest BCUT2D eigenvalue weighted by atomic mass is 9.93. The molecule has 2 aromatic carbocycles. The number of pyridine rings is 1. The normalized spacial score (nSPS) is 16.1. The molecule has 1 saturated heterocycles. The molecular weight excluding hydrogens is 449 g/mol. The van der Waals surface area contributed by atoms with Crippen molar-refractivity contribution in [3.05, 3.63) is 71.2 Å². The smallest absolute Gasteiger partial charge is 0.320 e. The molecule has 8 nitrogen and oxygen atoms in total. The van der Waals surface area contributed by atoms with E-state index < -0.39 is 5.95 Å². The number of nitrogens with one attached hydrogen (secondary N) is 1. The van der Waals surface area contributed by atoms with Crippen LogP contribution in [0.3, 0.4) is 0 Å². The van der Waals surface area contributed by atoms with E-state index in [0.717, 1.165) is 60.0 Å². The van der Waals surface area contributed by atoms with Crippen LogP contribution in [0.15, 0.2) is 48.5 Å². The van der Waals surface area contributed by atoms with Gasteiger partial charge in [-0.1, -0.05) is 30.3 Å². The van der Waals surface area contributed by atoms with Gasteiger partial charge in [-0.05, 0) is 46.9 Å². The third-order valence-corrected chi connectivity index (χ3v) is 6.49. The van der Waals surface area contributed by atoms with Crippen molar-refractivity contribution < 1.29 is 18.8 Å².